The van der Waals surface area contributed by atoms with E-state index >= 15 is 0 Å². The fourth-order valence-corrected chi connectivity index (χ4v) is 2.46. The molecule has 4 nitrogen and oxygen atoms in total. The predicted octanol–water partition coefficient (Wildman–Crippen LogP) is 2.65. The number of fused-ring (bicyclic) bond motifs is 1. The summed E-state index contributed by atoms with van der Waals surface area (Å²) in [6, 6.07) is 8.40. The third-order valence-corrected chi connectivity index (χ3v) is 3.41. The van der Waals surface area contributed by atoms with Crippen LogP contribution in [0.1, 0.15) is 24.7 Å². The first-order valence-corrected chi connectivity index (χ1v) is 6.73. The van der Waals surface area contributed by atoms with Gasteiger partial charge in [-0.1, -0.05) is 18.2 Å². The van der Waals surface area contributed by atoms with Crippen molar-refractivity contribution in [1.82, 2.24) is 15.3 Å². The molecule has 0 radical (unpaired) electrons. The second kappa shape index (κ2) is 5.36. The number of benzene rings is 1. The molecular weight excluding hydrogens is 236 g/mol. The Labute approximate surface area is 113 Å². The van der Waals surface area contributed by atoms with Crippen molar-refractivity contribution in [2.75, 3.05) is 18.4 Å². The SMILES string of the molecule is C=CCNc1nc(C2CCCN2)nc2ccccc12. The van der Waals surface area contributed by atoms with Crippen LogP contribution < -0.4 is 10.6 Å². The number of aromatic nitrogens is 2. The van der Waals surface area contributed by atoms with Gasteiger partial charge < -0.3 is 10.6 Å². The second-order valence-electron chi connectivity index (χ2n) is 4.77. The number of rotatable bonds is 4. The van der Waals surface area contributed by atoms with Crippen molar-refractivity contribution in [1.29, 1.82) is 0 Å². The molecule has 0 spiro atoms. The average Bonchev–Trinajstić information content (AvgIpc) is 2.98. The predicted molar refractivity (Wildman–Crippen MR) is 78.2 cm³/mol. The molecule has 1 aliphatic heterocycles. The summed E-state index contributed by atoms with van der Waals surface area (Å²) in [6.07, 6.45) is 4.14. The first-order valence-electron chi connectivity index (χ1n) is 6.73. The van der Waals surface area contributed by atoms with E-state index in [9.17, 15) is 0 Å². The Morgan fingerprint density at radius 1 is 1.37 bits per heavy atom. The van der Waals surface area contributed by atoms with Gasteiger partial charge in [0.15, 0.2) is 0 Å². The maximum atomic E-state index is 4.69. The average molecular weight is 254 g/mol. The molecule has 0 saturated carbocycles. The number of anilines is 1. The van der Waals surface area contributed by atoms with Gasteiger partial charge in [0.2, 0.25) is 0 Å². The van der Waals surface area contributed by atoms with Crippen molar-refractivity contribution in [2.45, 2.75) is 18.9 Å². The summed E-state index contributed by atoms with van der Waals surface area (Å²) in [7, 11) is 0. The molecule has 1 atom stereocenters. The molecule has 4 heteroatoms. The van der Waals surface area contributed by atoms with Crippen molar-refractivity contribution in [3.63, 3.8) is 0 Å². The maximum Gasteiger partial charge on any atom is 0.148 e. The van der Waals surface area contributed by atoms with Gasteiger partial charge >= 0.3 is 0 Å². The summed E-state index contributed by atoms with van der Waals surface area (Å²) in [5.41, 5.74) is 0.993. The highest BCUT2D eigenvalue weighted by molar-refractivity contribution is 5.89. The lowest BCUT2D eigenvalue weighted by molar-refractivity contribution is 0.609. The van der Waals surface area contributed by atoms with Gasteiger partial charge in [0.25, 0.3) is 0 Å². The van der Waals surface area contributed by atoms with Crippen LogP contribution >= 0.6 is 0 Å². The number of para-hydroxylation sites is 1. The second-order valence-corrected chi connectivity index (χ2v) is 4.77. The molecule has 1 unspecified atom stereocenters. The zero-order valence-corrected chi connectivity index (χ0v) is 10.9. The Morgan fingerprint density at radius 3 is 3.05 bits per heavy atom. The van der Waals surface area contributed by atoms with Crippen molar-refractivity contribution >= 4 is 16.7 Å². The van der Waals surface area contributed by atoms with E-state index in [1.54, 1.807) is 0 Å². The lowest BCUT2D eigenvalue weighted by atomic mass is 10.2. The van der Waals surface area contributed by atoms with E-state index in [2.05, 4.69) is 27.2 Å². The van der Waals surface area contributed by atoms with Crippen LogP contribution in [0.15, 0.2) is 36.9 Å². The maximum absolute atomic E-state index is 4.69. The summed E-state index contributed by atoms with van der Waals surface area (Å²) in [5, 5.41) is 7.81. The van der Waals surface area contributed by atoms with Crippen LogP contribution in [0, 0.1) is 0 Å². The lowest BCUT2D eigenvalue weighted by Gasteiger charge is -2.13. The molecule has 19 heavy (non-hydrogen) atoms. The van der Waals surface area contributed by atoms with Crippen molar-refractivity contribution in [3.8, 4) is 0 Å². The van der Waals surface area contributed by atoms with Gasteiger partial charge in [-0.25, -0.2) is 9.97 Å². The number of hydrogen-bond donors (Lipinski definition) is 2. The summed E-state index contributed by atoms with van der Waals surface area (Å²) in [5.74, 6) is 1.79. The molecule has 0 bridgehead atoms. The fourth-order valence-electron chi connectivity index (χ4n) is 2.46. The number of nitrogens with one attached hydrogen (secondary N) is 2. The molecule has 1 fully saturated rings. The monoisotopic (exact) mass is 254 g/mol. The summed E-state index contributed by atoms with van der Waals surface area (Å²) in [4.78, 5) is 9.37. The molecule has 0 amide bonds. The molecule has 1 aliphatic rings. The minimum absolute atomic E-state index is 0.286. The van der Waals surface area contributed by atoms with Crippen LogP contribution in [-0.2, 0) is 0 Å². The molecule has 1 aromatic carbocycles. The summed E-state index contributed by atoms with van der Waals surface area (Å²) in [6.45, 7) is 5.50. The number of nitrogens with zero attached hydrogens (tertiary/aromatic N) is 2. The molecule has 2 heterocycles. The van der Waals surface area contributed by atoms with Gasteiger partial charge in [-0.05, 0) is 31.5 Å². The van der Waals surface area contributed by atoms with Crippen LogP contribution in [0.5, 0.6) is 0 Å². The standard InChI is InChI=1S/C15H18N4/c1-2-9-17-14-11-6-3-4-7-12(11)18-15(19-14)13-8-5-10-16-13/h2-4,6-7,13,16H,1,5,8-10H2,(H,17,18,19). The molecule has 3 rings (SSSR count). The summed E-state index contributed by atoms with van der Waals surface area (Å²) >= 11 is 0. The molecule has 1 aromatic heterocycles. The smallest absolute Gasteiger partial charge is 0.148 e. The van der Waals surface area contributed by atoms with Gasteiger partial charge in [-0.2, -0.15) is 0 Å². The minimum atomic E-state index is 0.286. The van der Waals surface area contributed by atoms with Gasteiger partial charge in [0.05, 0.1) is 11.6 Å². The van der Waals surface area contributed by atoms with Gasteiger partial charge in [0, 0.05) is 11.9 Å². The van der Waals surface area contributed by atoms with E-state index in [0.717, 1.165) is 35.5 Å². The molecule has 98 valence electrons. The Morgan fingerprint density at radius 2 is 2.26 bits per heavy atom. The summed E-state index contributed by atoms with van der Waals surface area (Å²) < 4.78 is 0. The van der Waals surface area contributed by atoms with Crippen molar-refractivity contribution in [2.24, 2.45) is 0 Å². The largest absolute Gasteiger partial charge is 0.366 e. The van der Waals surface area contributed by atoms with E-state index in [1.807, 2.05) is 30.3 Å². The zero-order valence-electron chi connectivity index (χ0n) is 10.9. The highest BCUT2D eigenvalue weighted by atomic mass is 15.1. The van der Waals surface area contributed by atoms with Crippen LogP contribution in [0.25, 0.3) is 10.9 Å². The van der Waals surface area contributed by atoms with E-state index in [-0.39, 0.29) is 6.04 Å². The highest BCUT2D eigenvalue weighted by Gasteiger charge is 2.20. The van der Waals surface area contributed by atoms with Crippen molar-refractivity contribution < 1.29 is 0 Å². The Hall–Kier alpha value is -1.94. The first kappa shape index (κ1) is 12.1. The van der Waals surface area contributed by atoms with Crippen LogP contribution in [0.4, 0.5) is 5.82 Å². The topological polar surface area (TPSA) is 49.8 Å². The number of hydrogen-bond acceptors (Lipinski definition) is 4. The molecule has 2 aromatic rings. The van der Waals surface area contributed by atoms with Crippen LogP contribution in [0.3, 0.4) is 0 Å². The Balaban J connectivity index is 2.05. The molecular formula is C15H18N4. The first-order chi connectivity index (χ1) is 9.38. The quantitative estimate of drug-likeness (QED) is 0.824. The molecule has 2 N–H and O–H groups in total. The normalized spacial score (nSPS) is 18.6. The van der Waals surface area contributed by atoms with Crippen molar-refractivity contribution in [3.05, 3.63) is 42.7 Å². The highest BCUT2D eigenvalue weighted by Crippen LogP contribution is 2.25. The van der Waals surface area contributed by atoms with E-state index in [0.29, 0.717) is 6.54 Å². The van der Waals surface area contributed by atoms with Crippen LogP contribution in [-0.4, -0.2) is 23.1 Å². The third kappa shape index (κ3) is 2.44. The van der Waals surface area contributed by atoms with E-state index in [4.69, 9.17) is 0 Å². The Kier molecular flexibility index (Phi) is 3.42. The van der Waals surface area contributed by atoms with Crippen LogP contribution in [0.2, 0.25) is 0 Å². The van der Waals surface area contributed by atoms with Gasteiger partial charge in [0.1, 0.15) is 11.6 Å². The fraction of sp³-hybridized carbons (Fsp3) is 0.333. The minimum Gasteiger partial charge on any atom is -0.366 e. The Bertz CT molecular complexity index is 588. The molecule has 0 aliphatic carbocycles. The van der Waals surface area contributed by atoms with Gasteiger partial charge in [-0.15, -0.1) is 6.58 Å². The van der Waals surface area contributed by atoms with Gasteiger partial charge in [-0.3, -0.25) is 0 Å². The molecule has 1 saturated heterocycles. The third-order valence-electron chi connectivity index (χ3n) is 3.41. The van der Waals surface area contributed by atoms with E-state index in [1.165, 1.54) is 6.42 Å². The van der Waals surface area contributed by atoms with E-state index < -0.39 is 0 Å². The zero-order chi connectivity index (χ0) is 13.1. The lowest BCUT2D eigenvalue weighted by Crippen LogP contribution is -2.17.